The van der Waals surface area contributed by atoms with Crippen LogP contribution in [0.3, 0.4) is 0 Å². The second-order valence-electron chi connectivity index (χ2n) is 8.69. The highest BCUT2D eigenvalue weighted by Gasteiger charge is 2.41. The minimum Gasteiger partial charge on any atom is -0.491 e. The third-order valence-electron chi connectivity index (χ3n) is 6.06. The summed E-state index contributed by atoms with van der Waals surface area (Å²) in [4.78, 5) is 11.8. The summed E-state index contributed by atoms with van der Waals surface area (Å²) in [5.74, 6) is 2.42. The maximum Gasteiger partial charge on any atom is 0.143 e. The van der Waals surface area contributed by atoms with Gasteiger partial charge in [0.2, 0.25) is 0 Å². The molecule has 0 bridgehead atoms. The number of hydrogen-bond donors (Lipinski definition) is 0. The highest BCUT2D eigenvalue weighted by molar-refractivity contribution is 5.88. The predicted octanol–water partition coefficient (Wildman–Crippen LogP) is 6.04. The van der Waals surface area contributed by atoms with Crippen molar-refractivity contribution >= 4 is 5.78 Å². The van der Waals surface area contributed by atoms with E-state index in [2.05, 4.69) is 39.8 Å². The van der Waals surface area contributed by atoms with Gasteiger partial charge in [-0.3, -0.25) is 4.79 Å². The Bertz CT molecular complexity index is 680. The molecule has 0 aromatic heterocycles. The molecule has 0 N–H and O–H groups in total. The summed E-state index contributed by atoms with van der Waals surface area (Å²) >= 11 is 0. The van der Waals surface area contributed by atoms with E-state index in [9.17, 15) is 4.79 Å². The summed E-state index contributed by atoms with van der Waals surface area (Å²) in [7, 11) is 0. The van der Waals surface area contributed by atoms with E-state index in [0.29, 0.717) is 29.8 Å². The van der Waals surface area contributed by atoms with E-state index in [1.807, 2.05) is 12.1 Å². The second-order valence-corrected chi connectivity index (χ2v) is 8.69. The largest absolute Gasteiger partial charge is 0.491 e. The summed E-state index contributed by atoms with van der Waals surface area (Å²) < 4.78 is 10.3. The molecule has 3 nitrogen and oxygen atoms in total. The summed E-state index contributed by atoms with van der Waals surface area (Å²) in [6.07, 6.45) is 9.22. The lowest BCUT2D eigenvalue weighted by Crippen LogP contribution is -2.18. The zero-order chi connectivity index (χ0) is 20.1. The number of carbonyl (C=O) groups excluding carboxylic acids is 1. The maximum absolute atomic E-state index is 11.8. The van der Waals surface area contributed by atoms with Crippen molar-refractivity contribution in [3.63, 3.8) is 0 Å². The van der Waals surface area contributed by atoms with Crippen LogP contribution in [-0.2, 0) is 9.53 Å². The highest BCUT2D eigenvalue weighted by atomic mass is 16.6. The van der Waals surface area contributed by atoms with Crippen LogP contribution in [-0.4, -0.2) is 24.6 Å². The lowest BCUT2D eigenvalue weighted by Gasteiger charge is -2.21. The van der Waals surface area contributed by atoms with Crippen LogP contribution in [0.4, 0.5) is 0 Å². The molecule has 28 heavy (non-hydrogen) atoms. The van der Waals surface area contributed by atoms with E-state index in [1.54, 1.807) is 11.1 Å². The van der Waals surface area contributed by atoms with Crippen LogP contribution < -0.4 is 4.74 Å². The van der Waals surface area contributed by atoms with E-state index >= 15 is 0 Å². The number of allylic oxidation sites excluding steroid dienone is 2. The normalized spacial score (nSPS) is 25.3. The Morgan fingerprint density at radius 1 is 1.14 bits per heavy atom. The van der Waals surface area contributed by atoms with E-state index in [-0.39, 0.29) is 0 Å². The van der Waals surface area contributed by atoms with Gasteiger partial charge in [-0.15, -0.1) is 0 Å². The van der Waals surface area contributed by atoms with Crippen LogP contribution in [0, 0.1) is 18.8 Å². The maximum atomic E-state index is 11.8. The number of aryl methyl sites for hydroxylation is 1. The van der Waals surface area contributed by atoms with Crippen molar-refractivity contribution in [3.05, 3.63) is 41.0 Å². The first-order valence-electron chi connectivity index (χ1n) is 11.1. The molecule has 0 spiro atoms. The van der Waals surface area contributed by atoms with E-state index in [0.717, 1.165) is 25.2 Å². The van der Waals surface area contributed by atoms with Gasteiger partial charge in [0, 0.05) is 11.8 Å². The van der Waals surface area contributed by atoms with Gasteiger partial charge in [0.15, 0.2) is 0 Å². The Hall–Kier alpha value is -1.61. The number of carbonyl (C=O) groups is 1. The molecule has 154 valence electrons. The smallest absolute Gasteiger partial charge is 0.143 e. The van der Waals surface area contributed by atoms with Crippen molar-refractivity contribution in [2.24, 2.45) is 11.8 Å². The summed E-state index contributed by atoms with van der Waals surface area (Å²) in [5.41, 5.74) is 4.45. The fourth-order valence-electron chi connectivity index (χ4n) is 3.64. The fraction of sp³-hybridized carbons (Fsp3) is 0.640. The van der Waals surface area contributed by atoms with Crippen molar-refractivity contribution in [2.45, 2.75) is 84.8 Å². The van der Waals surface area contributed by atoms with Gasteiger partial charge in [0.25, 0.3) is 0 Å². The van der Waals surface area contributed by atoms with Gasteiger partial charge >= 0.3 is 0 Å². The van der Waals surface area contributed by atoms with Crippen molar-refractivity contribution < 1.29 is 14.3 Å². The molecule has 1 saturated carbocycles. The SMILES string of the molecule is CC1CO1.CCC(C)Oc1ccc(C)cc1.O=C(C1CC1)C1CCC2=C1CC2. The summed E-state index contributed by atoms with van der Waals surface area (Å²) in [6.45, 7) is 9.33. The van der Waals surface area contributed by atoms with Crippen molar-refractivity contribution in [3.8, 4) is 5.75 Å². The Morgan fingerprint density at radius 3 is 2.21 bits per heavy atom. The van der Waals surface area contributed by atoms with Gasteiger partial charge in [-0.1, -0.05) is 35.8 Å². The average Bonchev–Trinajstić information content (AvgIpc) is 3.58. The minimum absolute atomic E-state index is 0.313. The zero-order valence-corrected chi connectivity index (χ0v) is 18.0. The Morgan fingerprint density at radius 2 is 1.79 bits per heavy atom. The molecular formula is C25H36O3. The fourth-order valence-corrected chi connectivity index (χ4v) is 3.64. The van der Waals surface area contributed by atoms with Crippen LogP contribution in [0.15, 0.2) is 35.4 Å². The van der Waals surface area contributed by atoms with Gasteiger partial charge in [0.1, 0.15) is 11.5 Å². The third-order valence-corrected chi connectivity index (χ3v) is 6.06. The van der Waals surface area contributed by atoms with E-state index < -0.39 is 0 Å². The Labute approximate surface area is 170 Å². The summed E-state index contributed by atoms with van der Waals surface area (Å²) in [6, 6.07) is 8.17. The van der Waals surface area contributed by atoms with Gasteiger partial charge in [-0.05, 0) is 77.8 Å². The quantitative estimate of drug-likeness (QED) is 0.459. The standard InChI is InChI=1S/C11H14O.C11H16O.C3H6O/c12-11(8-1-2-8)10-6-4-7-3-5-9(7)10;1-4-10(3)12-11-7-5-9(2)6-8-11;1-3-2-4-3/h8,10H,1-6H2;5-8,10H,4H2,1-3H3;3H,2H2,1H3. The first kappa shape index (κ1) is 21.1. The molecule has 5 rings (SSSR count). The molecule has 1 aliphatic heterocycles. The Balaban J connectivity index is 0.000000134. The van der Waals surface area contributed by atoms with E-state index in [1.165, 1.54) is 37.7 Å². The number of ether oxygens (including phenoxy) is 2. The summed E-state index contributed by atoms with van der Waals surface area (Å²) in [5, 5.41) is 0. The van der Waals surface area contributed by atoms with Crippen LogP contribution in [0.25, 0.3) is 0 Å². The number of benzene rings is 1. The molecule has 2 fully saturated rings. The van der Waals surface area contributed by atoms with Gasteiger partial charge < -0.3 is 9.47 Å². The lowest BCUT2D eigenvalue weighted by molar-refractivity contribution is -0.123. The van der Waals surface area contributed by atoms with E-state index in [4.69, 9.17) is 9.47 Å². The number of rotatable bonds is 5. The van der Waals surface area contributed by atoms with Crippen molar-refractivity contribution in [2.75, 3.05) is 6.61 Å². The monoisotopic (exact) mass is 384 g/mol. The van der Waals surface area contributed by atoms with Crippen LogP contribution >= 0.6 is 0 Å². The van der Waals surface area contributed by atoms with Crippen LogP contribution in [0.2, 0.25) is 0 Å². The molecule has 4 aliphatic rings. The number of epoxide rings is 1. The predicted molar refractivity (Wildman–Crippen MR) is 114 cm³/mol. The molecule has 0 radical (unpaired) electrons. The zero-order valence-electron chi connectivity index (χ0n) is 18.0. The minimum atomic E-state index is 0.313. The Kier molecular flexibility index (Phi) is 7.34. The topological polar surface area (TPSA) is 38.8 Å². The molecule has 1 aromatic rings. The number of ketones is 1. The second kappa shape index (κ2) is 9.73. The highest BCUT2D eigenvalue weighted by Crippen LogP contribution is 2.48. The van der Waals surface area contributed by atoms with Crippen LogP contribution in [0.5, 0.6) is 5.75 Å². The number of hydrogen-bond acceptors (Lipinski definition) is 3. The molecule has 0 amide bonds. The van der Waals surface area contributed by atoms with Gasteiger partial charge in [-0.2, -0.15) is 0 Å². The van der Waals surface area contributed by atoms with Crippen molar-refractivity contribution in [1.82, 2.24) is 0 Å². The molecule has 1 aromatic carbocycles. The van der Waals surface area contributed by atoms with Gasteiger partial charge in [-0.25, -0.2) is 0 Å². The molecule has 1 saturated heterocycles. The molecule has 3 unspecified atom stereocenters. The third kappa shape index (κ3) is 6.20. The first-order chi connectivity index (χ1) is 13.5. The lowest BCUT2D eigenvalue weighted by atomic mass is 9.83. The average molecular weight is 385 g/mol. The molecular weight excluding hydrogens is 348 g/mol. The van der Waals surface area contributed by atoms with Crippen molar-refractivity contribution in [1.29, 1.82) is 0 Å². The first-order valence-corrected chi connectivity index (χ1v) is 11.1. The van der Waals surface area contributed by atoms with Gasteiger partial charge in [0.05, 0.1) is 18.8 Å². The molecule has 1 heterocycles. The molecule has 3 aliphatic carbocycles. The van der Waals surface area contributed by atoms with Crippen LogP contribution in [0.1, 0.15) is 71.3 Å². The number of Topliss-reactive ketones (excluding diaryl/α,β-unsaturated/α-hetero) is 1. The molecule has 3 heteroatoms. The molecule has 3 atom stereocenters.